The SMILES string of the molecule is NCC1(C(=O)NCc2ccc(F)c(F)c2)CCC1. The van der Waals surface area contributed by atoms with Gasteiger partial charge in [-0.1, -0.05) is 12.5 Å². The molecule has 0 radical (unpaired) electrons. The van der Waals surface area contributed by atoms with Gasteiger partial charge in [-0.25, -0.2) is 8.78 Å². The number of nitrogens with one attached hydrogen (secondary N) is 1. The Morgan fingerprint density at radius 1 is 1.33 bits per heavy atom. The first-order valence-electron chi connectivity index (χ1n) is 6.00. The third kappa shape index (κ3) is 2.36. The summed E-state index contributed by atoms with van der Waals surface area (Å²) in [4.78, 5) is 11.9. The molecule has 1 aromatic rings. The minimum atomic E-state index is -0.904. The summed E-state index contributed by atoms with van der Waals surface area (Å²) in [6, 6.07) is 3.60. The van der Waals surface area contributed by atoms with Gasteiger partial charge in [0.05, 0.1) is 5.41 Å². The molecule has 98 valence electrons. The lowest BCUT2D eigenvalue weighted by Crippen LogP contribution is -2.50. The number of hydrogen-bond donors (Lipinski definition) is 2. The van der Waals surface area contributed by atoms with Crippen molar-refractivity contribution in [3.63, 3.8) is 0 Å². The second-order valence-electron chi connectivity index (χ2n) is 4.77. The molecule has 1 aromatic carbocycles. The Hall–Kier alpha value is -1.49. The van der Waals surface area contributed by atoms with Crippen molar-refractivity contribution in [3.8, 4) is 0 Å². The lowest BCUT2D eigenvalue weighted by molar-refractivity contribution is -0.135. The van der Waals surface area contributed by atoms with E-state index in [1.165, 1.54) is 6.07 Å². The number of amides is 1. The minimum absolute atomic E-state index is 0.0963. The number of rotatable bonds is 4. The van der Waals surface area contributed by atoms with E-state index in [2.05, 4.69) is 5.32 Å². The second-order valence-corrected chi connectivity index (χ2v) is 4.77. The van der Waals surface area contributed by atoms with Gasteiger partial charge in [-0.15, -0.1) is 0 Å². The summed E-state index contributed by atoms with van der Waals surface area (Å²) in [7, 11) is 0. The fraction of sp³-hybridized carbons (Fsp3) is 0.462. The first-order chi connectivity index (χ1) is 8.57. The topological polar surface area (TPSA) is 55.1 Å². The van der Waals surface area contributed by atoms with E-state index in [0.717, 1.165) is 31.4 Å². The van der Waals surface area contributed by atoms with Crippen molar-refractivity contribution in [1.29, 1.82) is 0 Å². The summed E-state index contributed by atoms with van der Waals surface area (Å²) in [6.45, 7) is 0.522. The first-order valence-corrected chi connectivity index (χ1v) is 6.00. The molecule has 1 aliphatic rings. The van der Waals surface area contributed by atoms with E-state index >= 15 is 0 Å². The zero-order chi connectivity index (χ0) is 13.2. The van der Waals surface area contributed by atoms with Crippen LogP contribution in [0.5, 0.6) is 0 Å². The number of carbonyl (C=O) groups is 1. The predicted molar refractivity (Wildman–Crippen MR) is 63.5 cm³/mol. The summed E-state index contributed by atoms with van der Waals surface area (Å²) in [6.07, 6.45) is 2.61. The molecule has 0 bridgehead atoms. The molecule has 1 aliphatic carbocycles. The molecule has 2 rings (SSSR count). The molecular weight excluding hydrogens is 238 g/mol. The Kier molecular flexibility index (Phi) is 3.61. The Balaban J connectivity index is 1.95. The van der Waals surface area contributed by atoms with E-state index < -0.39 is 17.0 Å². The predicted octanol–water partition coefficient (Wildman–Crippen LogP) is 1.71. The largest absolute Gasteiger partial charge is 0.352 e. The molecular formula is C13H16F2N2O. The molecule has 0 saturated heterocycles. The normalized spacial score (nSPS) is 17.1. The molecule has 0 unspecified atom stereocenters. The average Bonchev–Trinajstić information content (AvgIpc) is 2.30. The van der Waals surface area contributed by atoms with Crippen molar-refractivity contribution in [2.75, 3.05) is 6.54 Å². The fourth-order valence-electron chi connectivity index (χ4n) is 2.15. The molecule has 18 heavy (non-hydrogen) atoms. The molecule has 3 N–H and O–H groups in total. The molecule has 1 saturated carbocycles. The highest BCUT2D eigenvalue weighted by Crippen LogP contribution is 2.40. The van der Waals surface area contributed by atoms with Gasteiger partial charge in [0, 0.05) is 13.1 Å². The van der Waals surface area contributed by atoms with E-state index in [0.29, 0.717) is 12.1 Å². The Bertz CT molecular complexity index is 453. The van der Waals surface area contributed by atoms with Crippen LogP contribution in [0.4, 0.5) is 8.78 Å². The number of carbonyl (C=O) groups excluding carboxylic acids is 1. The van der Waals surface area contributed by atoms with E-state index in [-0.39, 0.29) is 12.5 Å². The summed E-state index contributed by atoms with van der Waals surface area (Å²) in [5.74, 6) is -1.89. The standard InChI is InChI=1S/C13H16F2N2O/c14-10-3-2-9(6-11(10)15)7-17-12(18)13(8-16)4-1-5-13/h2-3,6H,1,4-5,7-8,16H2,(H,17,18). The van der Waals surface area contributed by atoms with E-state index in [9.17, 15) is 13.6 Å². The number of hydrogen-bond acceptors (Lipinski definition) is 2. The smallest absolute Gasteiger partial charge is 0.227 e. The quantitative estimate of drug-likeness (QED) is 0.859. The van der Waals surface area contributed by atoms with Gasteiger partial charge in [0.2, 0.25) is 5.91 Å². The lowest BCUT2D eigenvalue weighted by Gasteiger charge is -2.39. The van der Waals surface area contributed by atoms with Gasteiger partial charge in [0.25, 0.3) is 0 Å². The summed E-state index contributed by atoms with van der Waals surface area (Å²) < 4.78 is 25.7. The maximum atomic E-state index is 13.0. The third-order valence-corrected chi connectivity index (χ3v) is 3.62. The van der Waals surface area contributed by atoms with E-state index in [1.807, 2.05) is 0 Å². The molecule has 0 aromatic heterocycles. The van der Waals surface area contributed by atoms with Crippen LogP contribution in [-0.2, 0) is 11.3 Å². The van der Waals surface area contributed by atoms with Crippen LogP contribution in [-0.4, -0.2) is 12.5 Å². The molecule has 0 aliphatic heterocycles. The second kappa shape index (κ2) is 5.02. The van der Waals surface area contributed by atoms with E-state index in [1.54, 1.807) is 0 Å². The number of halogens is 2. The summed E-state index contributed by atoms with van der Waals surface area (Å²) in [5.41, 5.74) is 5.70. The molecule has 0 heterocycles. The van der Waals surface area contributed by atoms with Crippen LogP contribution < -0.4 is 11.1 Å². The Morgan fingerprint density at radius 3 is 2.56 bits per heavy atom. The van der Waals surface area contributed by atoms with Gasteiger partial charge < -0.3 is 11.1 Å². The fourth-order valence-corrected chi connectivity index (χ4v) is 2.15. The van der Waals surface area contributed by atoms with Gasteiger partial charge in [-0.3, -0.25) is 4.79 Å². The molecule has 0 spiro atoms. The Labute approximate surface area is 104 Å². The lowest BCUT2D eigenvalue weighted by atomic mass is 9.68. The van der Waals surface area contributed by atoms with Crippen LogP contribution in [0.15, 0.2) is 18.2 Å². The number of benzene rings is 1. The van der Waals surface area contributed by atoms with Crippen molar-refractivity contribution in [2.24, 2.45) is 11.1 Å². The third-order valence-electron chi connectivity index (χ3n) is 3.62. The maximum absolute atomic E-state index is 13.0. The minimum Gasteiger partial charge on any atom is -0.352 e. The average molecular weight is 254 g/mol. The zero-order valence-electron chi connectivity index (χ0n) is 10.0. The maximum Gasteiger partial charge on any atom is 0.227 e. The van der Waals surface area contributed by atoms with Crippen molar-refractivity contribution >= 4 is 5.91 Å². The summed E-state index contributed by atoms with van der Waals surface area (Å²) >= 11 is 0. The molecule has 1 amide bonds. The summed E-state index contributed by atoms with van der Waals surface area (Å²) in [5, 5.41) is 2.73. The Morgan fingerprint density at radius 2 is 2.06 bits per heavy atom. The van der Waals surface area contributed by atoms with Crippen LogP contribution in [0, 0.1) is 17.0 Å². The van der Waals surface area contributed by atoms with Crippen LogP contribution in [0.3, 0.4) is 0 Å². The number of nitrogens with two attached hydrogens (primary N) is 1. The zero-order valence-corrected chi connectivity index (χ0v) is 10.0. The van der Waals surface area contributed by atoms with Gasteiger partial charge in [0.15, 0.2) is 11.6 Å². The van der Waals surface area contributed by atoms with Gasteiger partial charge in [0.1, 0.15) is 0 Å². The van der Waals surface area contributed by atoms with Gasteiger partial charge in [-0.2, -0.15) is 0 Å². The van der Waals surface area contributed by atoms with Crippen LogP contribution in [0.25, 0.3) is 0 Å². The van der Waals surface area contributed by atoms with Crippen LogP contribution in [0.1, 0.15) is 24.8 Å². The molecule has 1 fully saturated rings. The molecule has 3 nitrogen and oxygen atoms in total. The van der Waals surface area contributed by atoms with Gasteiger partial charge >= 0.3 is 0 Å². The van der Waals surface area contributed by atoms with Gasteiger partial charge in [-0.05, 0) is 30.5 Å². The van der Waals surface area contributed by atoms with Crippen molar-refractivity contribution in [3.05, 3.63) is 35.4 Å². The monoisotopic (exact) mass is 254 g/mol. The van der Waals surface area contributed by atoms with E-state index in [4.69, 9.17) is 5.73 Å². The highest BCUT2D eigenvalue weighted by molar-refractivity contribution is 5.83. The highest BCUT2D eigenvalue weighted by atomic mass is 19.2. The highest BCUT2D eigenvalue weighted by Gasteiger charge is 2.42. The molecule has 5 heteroatoms. The van der Waals surface area contributed by atoms with Crippen LogP contribution in [0.2, 0.25) is 0 Å². The molecule has 0 atom stereocenters. The van der Waals surface area contributed by atoms with Crippen molar-refractivity contribution in [1.82, 2.24) is 5.32 Å². The first kappa shape index (κ1) is 13.0. The van der Waals surface area contributed by atoms with Crippen LogP contribution >= 0.6 is 0 Å². The van der Waals surface area contributed by atoms with Crippen molar-refractivity contribution in [2.45, 2.75) is 25.8 Å². The van der Waals surface area contributed by atoms with Crippen molar-refractivity contribution < 1.29 is 13.6 Å².